The minimum Gasteiger partial charge on any atom is -0.355 e. The predicted octanol–water partition coefficient (Wildman–Crippen LogP) is 1.14. The molecule has 4 N–H and O–H groups in total. The van der Waals surface area contributed by atoms with Gasteiger partial charge in [0.2, 0.25) is 11.8 Å². The van der Waals surface area contributed by atoms with E-state index in [4.69, 9.17) is 5.73 Å². The maximum atomic E-state index is 11.8. The highest BCUT2D eigenvalue weighted by molar-refractivity contribution is 5.87. The fourth-order valence-corrected chi connectivity index (χ4v) is 1.71. The van der Waals surface area contributed by atoms with E-state index >= 15 is 0 Å². The van der Waals surface area contributed by atoms with Gasteiger partial charge in [-0.15, -0.1) is 12.4 Å². The number of rotatable bonds is 6. The summed E-state index contributed by atoms with van der Waals surface area (Å²) in [4.78, 5) is 23.3. The van der Waals surface area contributed by atoms with Gasteiger partial charge in [0.05, 0.1) is 0 Å². The molecule has 0 spiro atoms. The first-order chi connectivity index (χ1) is 9.04. The Kier molecular flexibility index (Phi) is 8.59. The maximum absolute atomic E-state index is 11.8. The third-order valence-corrected chi connectivity index (χ3v) is 2.75. The van der Waals surface area contributed by atoms with Crippen LogP contribution in [0.15, 0.2) is 30.3 Å². The van der Waals surface area contributed by atoms with Crippen molar-refractivity contribution < 1.29 is 9.59 Å². The first kappa shape index (κ1) is 18.4. The lowest BCUT2D eigenvalue weighted by atomic mass is 10.0. The van der Waals surface area contributed by atoms with Crippen molar-refractivity contribution in [3.8, 4) is 0 Å². The summed E-state index contributed by atoms with van der Waals surface area (Å²) in [5, 5.41) is 5.28. The highest BCUT2D eigenvalue weighted by atomic mass is 35.5. The molecule has 0 radical (unpaired) electrons. The van der Waals surface area contributed by atoms with Gasteiger partial charge >= 0.3 is 0 Å². The predicted molar refractivity (Wildman–Crippen MR) is 81.5 cm³/mol. The average molecular weight is 300 g/mol. The number of halogens is 1. The fraction of sp³-hybridized carbons (Fsp3) is 0.429. The molecule has 0 bridgehead atoms. The minimum atomic E-state index is -0.546. The number of nitrogens with two attached hydrogens (primary N) is 1. The molecule has 0 fully saturated rings. The molecule has 6 heteroatoms. The summed E-state index contributed by atoms with van der Waals surface area (Å²) >= 11 is 0. The standard InChI is InChI=1S/C14H21N3O2.ClH/c1-3-16-14(19)10(2)17-13(18)9-12(15)11-7-5-4-6-8-11;/h4-8,10,12H,3,9,15H2,1-2H3,(H,16,19)(H,17,18);1H. The summed E-state index contributed by atoms with van der Waals surface area (Å²) in [5.41, 5.74) is 6.85. The summed E-state index contributed by atoms with van der Waals surface area (Å²) < 4.78 is 0. The SMILES string of the molecule is CCNC(=O)C(C)NC(=O)CC(N)c1ccccc1.Cl. The number of hydrogen-bond acceptors (Lipinski definition) is 3. The molecule has 0 saturated heterocycles. The third-order valence-electron chi connectivity index (χ3n) is 2.75. The van der Waals surface area contributed by atoms with Gasteiger partial charge in [0, 0.05) is 19.0 Å². The second-order valence-electron chi connectivity index (χ2n) is 4.41. The van der Waals surface area contributed by atoms with Gasteiger partial charge in [-0.05, 0) is 19.4 Å². The van der Waals surface area contributed by atoms with Crippen molar-refractivity contribution >= 4 is 24.2 Å². The van der Waals surface area contributed by atoms with Crippen LogP contribution in [-0.4, -0.2) is 24.4 Å². The van der Waals surface area contributed by atoms with Gasteiger partial charge in [0.1, 0.15) is 6.04 Å². The van der Waals surface area contributed by atoms with Gasteiger partial charge in [0.15, 0.2) is 0 Å². The van der Waals surface area contributed by atoms with Gasteiger partial charge in [-0.3, -0.25) is 9.59 Å². The van der Waals surface area contributed by atoms with Crippen molar-refractivity contribution in [2.75, 3.05) is 6.54 Å². The molecule has 2 atom stereocenters. The molecular weight excluding hydrogens is 278 g/mol. The monoisotopic (exact) mass is 299 g/mol. The molecule has 2 amide bonds. The number of carbonyl (C=O) groups is 2. The highest BCUT2D eigenvalue weighted by Gasteiger charge is 2.17. The van der Waals surface area contributed by atoms with E-state index in [1.807, 2.05) is 37.3 Å². The van der Waals surface area contributed by atoms with Gasteiger partial charge in [0.25, 0.3) is 0 Å². The third kappa shape index (κ3) is 6.04. The summed E-state index contributed by atoms with van der Waals surface area (Å²) in [6.45, 7) is 4.03. The fourth-order valence-electron chi connectivity index (χ4n) is 1.71. The largest absolute Gasteiger partial charge is 0.355 e. The van der Waals surface area contributed by atoms with Crippen LogP contribution >= 0.6 is 12.4 Å². The quantitative estimate of drug-likeness (QED) is 0.736. The van der Waals surface area contributed by atoms with Crippen molar-refractivity contribution in [1.29, 1.82) is 0 Å². The molecular formula is C14H22ClN3O2. The van der Waals surface area contributed by atoms with Crippen LogP contribution in [-0.2, 0) is 9.59 Å². The highest BCUT2D eigenvalue weighted by Crippen LogP contribution is 2.12. The molecule has 2 unspecified atom stereocenters. The molecule has 0 aromatic heterocycles. The van der Waals surface area contributed by atoms with Crippen LogP contribution in [0.4, 0.5) is 0 Å². The van der Waals surface area contributed by atoms with Crippen molar-refractivity contribution in [1.82, 2.24) is 10.6 Å². The Morgan fingerprint density at radius 1 is 1.25 bits per heavy atom. The van der Waals surface area contributed by atoms with Crippen LogP contribution in [0.1, 0.15) is 31.9 Å². The lowest BCUT2D eigenvalue weighted by Gasteiger charge is -2.16. The van der Waals surface area contributed by atoms with E-state index in [1.54, 1.807) is 6.92 Å². The van der Waals surface area contributed by atoms with Crippen LogP contribution in [0.2, 0.25) is 0 Å². The first-order valence-corrected chi connectivity index (χ1v) is 6.42. The van der Waals surface area contributed by atoms with Crippen molar-refractivity contribution in [2.24, 2.45) is 5.73 Å². The second kappa shape index (κ2) is 9.34. The van der Waals surface area contributed by atoms with Crippen LogP contribution in [0.25, 0.3) is 0 Å². The maximum Gasteiger partial charge on any atom is 0.242 e. The zero-order valence-corrected chi connectivity index (χ0v) is 12.6. The first-order valence-electron chi connectivity index (χ1n) is 6.42. The van der Waals surface area contributed by atoms with Crippen LogP contribution in [0.3, 0.4) is 0 Å². The zero-order valence-electron chi connectivity index (χ0n) is 11.8. The molecule has 1 aromatic carbocycles. The van der Waals surface area contributed by atoms with E-state index in [1.165, 1.54) is 0 Å². The van der Waals surface area contributed by atoms with Crippen LogP contribution in [0.5, 0.6) is 0 Å². The second-order valence-corrected chi connectivity index (χ2v) is 4.41. The number of nitrogens with one attached hydrogen (secondary N) is 2. The van der Waals surface area contributed by atoms with E-state index in [0.29, 0.717) is 6.54 Å². The number of likely N-dealkylation sites (N-methyl/N-ethyl adjacent to an activating group) is 1. The molecule has 0 aliphatic carbocycles. The van der Waals surface area contributed by atoms with Crippen molar-refractivity contribution in [2.45, 2.75) is 32.4 Å². The van der Waals surface area contributed by atoms with E-state index in [9.17, 15) is 9.59 Å². The summed E-state index contributed by atoms with van der Waals surface area (Å²) in [7, 11) is 0. The van der Waals surface area contributed by atoms with Gasteiger partial charge in [-0.1, -0.05) is 30.3 Å². The van der Waals surface area contributed by atoms with Crippen LogP contribution in [0, 0.1) is 0 Å². The number of hydrogen-bond donors (Lipinski definition) is 3. The zero-order chi connectivity index (χ0) is 14.3. The minimum absolute atomic E-state index is 0. The molecule has 20 heavy (non-hydrogen) atoms. The number of amides is 2. The van der Waals surface area contributed by atoms with E-state index in [-0.39, 0.29) is 36.7 Å². The Morgan fingerprint density at radius 2 is 1.85 bits per heavy atom. The Hall–Kier alpha value is -1.59. The number of carbonyl (C=O) groups excluding carboxylic acids is 2. The average Bonchev–Trinajstić information content (AvgIpc) is 2.39. The molecule has 0 aliphatic heterocycles. The van der Waals surface area contributed by atoms with E-state index in [0.717, 1.165) is 5.56 Å². The topological polar surface area (TPSA) is 84.2 Å². The Balaban J connectivity index is 0.00000361. The van der Waals surface area contributed by atoms with E-state index in [2.05, 4.69) is 10.6 Å². The van der Waals surface area contributed by atoms with Crippen LogP contribution < -0.4 is 16.4 Å². The van der Waals surface area contributed by atoms with Gasteiger partial charge in [-0.25, -0.2) is 0 Å². The van der Waals surface area contributed by atoms with Crippen molar-refractivity contribution in [3.63, 3.8) is 0 Å². The normalized spacial score (nSPS) is 12.8. The Labute approximate surface area is 125 Å². The summed E-state index contributed by atoms with van der Waals surface area (Å²) in [6, 6.07) is 8.51. The molecule has 0 heterocycles. The summed E-state index contributed by atoms with van der Waals surface area (Å²) in [5.74, 6) is -0.417. The smallest absolute Gasteiger partial charge is 0.242 e. The molecule has 0 aliphatic rings. The van der Waals surface area contributed by atoms with Crippen molar-refractivity contribution in [3.05, 3.63) is 35.9 Å². The molecule has 0 saturated carbocycles. The Morgan fingerprint density at radius 3 is 2.40 bits per heavy atom. The van der Waals surface area contributed by atoms with Gasteiger partial charge in [-0.2, -0.15) is 0 Å². The Bertz CT molecular complexity index is 426. The molecule has 112 valence electrons. The molecule has 1 aromatic rings. The molecule has 1 rings (SSSR count). The summed E-state index contributed by atoms with van der Waals surface area (Å²) in [6.07, 6.45) is 0.160. The molecule has 5 nitrogen and oxygen atoms in total. The lowest BCUT2D eigenvalue weighted by Crippen LogP contribution is -2.45. The van der Waals surface area contributed by atoms with Gasteiger partial charge < -0.3 is 16.4 Å². The lowest BCUT2D eigenvalue weighted by molar-refractivity contribution is -0.128. The number of benzene rings is 1. The van der Waals surface area contributed by atoms with E-state index < -0.39 is 6.04 Å².